The number of likely N-dealkylation sites (N-methyl/N-ethyl adjacent to an activating group) is 1. The van der Waals surface area contributed by atoms with E-state index in [2.05, 4.69) is 16.8 Å². The highest BCUT2D eigenvalue weighted by atomic mass is 32.2. The van der Waals surface area contributed by atoms with E-state index in [1.165, 1.54) is 30.6 Å². The fraction of sp³-hybridized carbons (Fsp3) is 0.667. The molecule has 182 valence electrons. The lowest BCUT2D eigenvalue weighted by molar-refractivity contribution is 0.0373. The molecule has 1 amide bonds. The molecule has 1 aromatic heterocycles. The van der Waals surface area contributed by atoms with E-state index in [1.54, 1.807) is 24.1 Å². The first-order chi connectivity index (χ1) is 15.6. The van der Waals surface area contributed by atoms with E-state index in [0.717, 1.165) is 19.1 Å². The number of pyridine rings is 1. The van der Waals surface area contributed by atoms with E-state index in [9.17, 15) is 18.3 Å². The average molecular weight is 478 g/mol. The molecular weight excluding hydrogens is 442 g/mol. The van der Waals surface area contributed by atoms with E-state index in [1.807, 2.05) is 6.92 Å². The van der Waals surface area contributed by atoms with Crippen molar-refractivity contribution in [2.24, 2.45) is 11.8 Å². The number of rotatable bonds is 5. The maximum atomic E-state index is 13.4. The van der Waals surface area contributed by atoms with Crippen molar-refractivity contribution < 1.29 is 23.1 Å². The van der Waals surface area contributed by atoms with Crippen LogP contribution in [0.5, 0.6) is 5.88 Å². The van der Waals surface area contributed by atoms with Gasteiger partial charge >= 0.3 is 0 Å². The Kier molecular flexibility index (Phi) is 8.38. The van der Waals surface area contributed by atoms with Crippen molar-refractivity contribution in [2.45, 2.75) is 58.1 Å². The van der Waals surface area contributed by atoms with Crippen molar-refractivity contribution in [1.29, 1.82) is 0 Å². The highest BCUT2D eigenvalue weighted by Crippen LogP contribution is 2.28. The minimum absolute atomic E-state index is 0.125. The largest absolute Gasteiger partial charge is 0.472 e. The number of aromatic nitrogens is 1. The second-order valence-corrected chi connectivity index (χ2v) is 11.4. The zero-order chi connectivity index (χ0) is 24.2. The number of hydrogen-bond acceptors (Lipinski definition) is 6. The summed E-state index contributed by atoms with van der Waals surface area (Å²) in [6, 6.07) is 1.29. The van der Waals surface area contributed by atoms with Gasteiger partial charge in [-0.15, -0.1) is 0 Å². The number of carbonyl (C=O) groups is 1. The molecule has 2 aliphatic rings. The Labute approximate surface area is 197 Å². The predicted octanol–water partition coefficient (Wildman–Crippen LogP) is 2.12. The third kappa shape index (κ3) is 6.46. The van der Waals surface area contributed by atoms with E-state index in [4.69, 9.17) is 4.74 Å². The lowest BCUT2D eigenvalue weighted by atomic mass is 9.90. The highest BCUT2D eigenvalue weighted by Gasteiger charge is 2.35. The molecule has 1 aromatic rings. The molecule has 0 aromatic carbocycles. The number of fused-ring (bicyclic) bond motifs is 1. The second-order valence-electron chi connectivity index (χ2n) is 9.35. The number of carbonyl (C=O) groups excluding carboxylic acids is 1. The summed E-state index contributed by atoms with van der Waals surface area (Å²) < 4.78 is 31.3. The van der Waals surface area contributed by atoms with Crippen molar-refractivity contribution in [3.05, 3.63) is 23.4 Å². The van der Waals surface area contributed by atoms with Crippen LogP contribution in [0.4, 0.5) is 0 Å². The Morgan fingerprint density at radius 3 is 2.67 bits per heavy atom. The molecule has 33 heavy (non-hydrogen) atoms. The van der Waals surface area contributed by atoms with Crippen molar-refractivity contribution in [3.8, 4) is 17.7 Å². The molecule has 1 aliphatic heterocycles. The van der Waals surface area contributed by atoms with Crippen molar-refractivity contribution >= 4 is 15.9 Å². The highest BCUT2D eigenvalue weighted by molar-refractivity contribution is 7.88. The van der Waals surface area contributed by atoms with Gasteiger partial charge in [0.2, 0.25) is 15.9 Å². The van der Waals surface area contributed by atoms with Crippen LogP contribution in [0.1, 0.15) is 61.9 Å². The van der Waals surface area contributed by atoms with Gasteiger partial charge < -0.3 is 14.7 Å². The Morgan fingerprint density at radius 2 is 2.03 bits per heavy atom. The van der Waals surface area contributed by atoms with E-state index >= 15 is 0 Å². The molecule has 3 atom stereocenters. The Morgan fingerprint density at radius 1 is 1.33 bits per heavy atom. The standard InChI is InChI=1S/C24H35N3O5S/c1-17-14-27(18(2)16-28)24(29)21-12-20(11-10-19-8-6-5-7-9-19)13-25-23(21)32-22(17)15-26(3)33(4,30)31/h12-13,17-19,22,28H,5-9,14-16H2,1-4H3/t17-,18+,22-/m0/s1. The van der Waals surface area contributed by atoms with E-state index in [-0.39, 0.29) is 36.4 Å². The predicted molar refractivity (Wildman–Crippen MR) is 126 cm³/mol. The number of ether oxygens (including phenoxy) is 1. The number of nitrogens with zero attached hydrogens (tertiary/aromatic N) is 3. The fourth-order valence-corrected chi connectivity index (χ4v) is 4.63. The van der Waals surface area contributed by atoms with Crippen LogP contribution in [-0.4, -0.2) is 78.8 Å². The summed E-state index contributed by atoms with van der Waals surface area (Å²) >= 11 is 0. The summed E-state index contributed by atoms with van der Waals surface area (Å²) in [4.78, 5) is 19.4. The topological polar surface area (TPSA) is 100 Å². The quantitative estimate of drug-likeness (QED) is 0.652. The molecule has 1 saturated carbocycles. The number of aliphatic hydroxyl groups is 1. The molecule has 1 aliphatic carbocycles. The first-order valence-electron chi connectivity index (χ1n) is 11.6. The Bertz CT molecular complexity index is 1010. The number of sulfonamides is 1. The van der Waals surface area contributed by atoms with E-state index < -0.39 is 22.2 Å². The summed E-state index contributed by atoms with van der Waals surface area (Å²) in [5.74, 6) is 6.57. The van der Waals surface area contributed by atoms with Gasteiger partial charge in [0.15, 0.2) is 0 Å². The van der Waals surface area contributed by atoms with Gasteiger partial charge in [-0.3, -0.25) is 4.79 Å². The van der Waals surface area contributed by atoms with Gasteiger partial charge in [-0.25, -0.2) is 17.7 Å². The minimum atomic E-state index is -3.40. The van der Waals surface area contributed by atoms with Crippen LogP contribution in [0.15, 0.2) is 12.3 Å². The fourth-order valence-electron chi connectivity index (χ4n) is 4.21. The summed E-state index contributed by atoms with van der Waals surface area (Å²) in [5, 5.41) is 9.75. The number of hydrogen-bond donors (Lipinski definition) is 1. The zero-order valence-electron chi connectivity index (χ0n) is 20.0. The molecule has 1 fully saturated rings. The molecule has 9 heteroatoms. The van der Waals surface area contributed by atoms with Crippen LogP contribution >= 0.6 is 0 Å². The Hall–Kier alpha value is -2.15. The maximum absolute atomic E-state index is 13.4. The second kappa shape index (κ2) is 10.9. The number of aliphatic hydroxyl groups excluding tert-OH is 1. The number of amides is 1. The average Bonchev–Trinajstić information content (AvgIpc) is 2.79. The molecule has 1 N–H and O–H groups in total. The van der Waals surface area contributed by atoms with Crippen LogP contribution in [0.3, 0.4) is 0 Å². The van der Waals surface area contributed by atoms with E-state index in [0.29, 0.717) is 18.0 Å². The van der Waals surface area contributed by atoms with Gasteiger partial charge in [0, 0.05) is 37.2 Å². The van der Waals surface area contributed by atoms with Crippen molar-refractivity contribution in [1.82, 2.24) is 14.2 Å². The summed E-state index contributed by atoms with van der Waals surface area (Å²) in [6.45, 7) is 3.95. The molecule has 0 radical (unpaired) electrons. The van der Waals surface area contributed by atoms with Gasteiger partial charge in [-0.2, -0.15) is 0 Å². The molecule has 0 bridgehead atoms. The van der Waals surface area contributed by atoms with Crippen LogP contribution in [-0.2, 0) is 10.0 Å². The van der Waals surface area contributed by atoms with Gasteiger partial charge in [0.05, 0.1) is 25.4 Å². The van der Waals surface area contributed by atoms with Crippen molar-refractivity contribution in [3.63, 3.8) is 0 Å². The van der Waals surface area contributed by atoms with Crippen LogP contribution in [0.25, 0.3) is 0 Å². The van der Waals surface area contributed by atoms with Gasteiger partial charge in [0.1, 0.15) is 11.7 Å². The lowest BCUT2D eigenvalue weighted by Crippen LogP contribution is -2.50. The molecule has 8 nitrogen and oxygen atoms in total. The van der Waals surface area contributed by atoms with Crippen LogP contribution < -0.4 is 4.74 Å². The Balaban J connectivity index is 1.96. The van der Waals surface area contributed by atoms with Gasteiger partial charge in [-0.05, 0) is 25.8 Å². The van der Waals surface area contributed by atoms with Gasteiger partial charge in [0.25, 0.3) is 5.91 Å². The zero-order valence-corrected chi connectivity index (χ0v) is 20.8. The van der Waals surface area contributed by atoms with Gasteiger partial charge in [-0.1, -0.05) is 38.0 Å². The third-order valence-electron chi connectivity index (χ3n) is 6.55. The normalized spacial score (nSPS) is 23.1. The lowest BCUT2D eigenvalue weighted by Gasteiger charge is -2.37. The first kappa shape index (κ1) is 25.5. The smallest absolute Gasteiger partial charge is 0.259 e. The molecule has 0 spiro atoms. The van der Waals surface area contributed by atoms with Crippen LogP contribution in [0.2, 0.25) is 0 Å². The third-order valence-corrected chi connectivity index (χ3v) is 7.83. The molecular formula is C24H35N3O5S. The molecule has 0 unspecified atom stereocenters. The first-order valence-corrected chi connectivity index (χ1v) is 13.5. The molecule has 3 rings (SSSR count). The van der Waals surface area contributed by atoms with Crippen LogP contribution in [0, 0.1) is 23.7 Å². The monoisotopic (exact) mass is 477 g/mol. The van der Waals surface area contributed by atoms with Crippen molar-refractivity contribution in [2.75, 3.05) is 33.0 Å². The summed E-state index contributed by atoms with van der Waals surface area (Å²) in [5.41, 5.74) is 0.927. The SMILES string of the molecule is C[C@H](CO)N1C[C@H](C)[C@H](CN(C)S(C)(=O)=O)Oc2ncc(C#CC3CCCCC3)cc2C1=O. The summed E-state index contributed by atoms with van der Waals surface area (Å²) in [7, 11) is -1.90. The molecule has 0 saturated heterocycles. The molecule has 2 heterocycles. The minimum Gasteiger partial charge on any atom is -0.472 e. The maximum Gasteiger partial charge on any atom is 0.259 e. The summed E-state index contributed by atoms with van der Waals surface area (Å²) in [6.07, 6.45) is 8.09.